The largest absolute Gasteiger partial charge is 0.354 e. The summed E-state index contributed by atoms with van der Waals surface area (Å²) in [6, 6.07) is 5.44. The number of benzene rings is 1. The number of hydrogen-bond donors (Lipinski definition) is 0. The molecule has 7 heteroatoms. The summed E-state index contributed by atoms with van der Waals surface area (Å²) in [4.78, 5) is 23.5. The fourth-order valence-electron chi connectivity index (χ4n) is 1.50. The Bertz CT molecular complexity index is 442. The van der Waals surface area contributed by atoms with Gasteiger partial charge < -0.3 is 14.4 Å². The third kappa shape index (κ3) is 4.01. The van der Waals surface area contributed by atoms with E-state index in [1.165, 1.54) is 43.4 Å². The lowest BCUT2D eigenvalue weighted by Crippen LogP contribution is -2.36. The number of nitrogens with zero attached hydrogens (tertiary/aromatic N) is 2. The van der Waals surface area contributed by atoms with E-state index in [1.807, 2.05) is 0 Å². The van der Waals surface area contributed by atoms with Crippen molar-refractivity contribution in [3.05, 3.63) is 39.9 Å². The monoisotopic (exact) mass is 268 g/mol. The van der Waals surface area contributed by atoms with Crippen molar-refractivity contribution in [2.24, 2.45) is 0 Å². The van der Waals surface area contributed by atoms with Crippen LogP contribution in [-0.2, 0) is 9.47 Å². The van der Waals surface area contributed by atoms with Crippen LogP contribution in [0, 0.1) is 10.1 Å². The summed E-state index contributed by atoms with van der Waals surface area (Å²) in [7, 11) is 4.57. The minimum absolute atomic E-state index is 0.0501. The summed E-state index contributed by atoms with van der Waals surface area (Å²) < 4.78 is 10.0. The van der Waals surface area contributed by atoms with Crippen molar-refractivity contribution in [2.75, 3.05) is 27.8 Å². The van der Waals surface area contributed by atoms with Crippen molar-refractivity contribution in [1.29, 1.82) is 0 Å². The smallest absolute Gasteiger partial charge is 0.269 e. The topological polar surface area (TPSA) is 81.9 Å². The highest BCUT2D eigenvalue weighted by molar-refractivity contribution is 5.94. The molecule has 0 fully saturated rings. The number of nitro benzene ring substituents is 1. The van der Waals surface area contributed by atoms with E-state index in [0.717, 1.165) is 0 Å². The van der Waals surface area contributed by atoms with Crippen molar-refractivity contribution < 1.29 is 19.2 Å². The fraction of sp³-hybridized carbons (Fsp3) is 0.417. The lowest BCUT2D eigenvalue weighted by molar-refractivity contribution is -0.384. The highest BCUT2D eigenvalue weighted by Gasteiger charge is 2.17. The first kappa shape index (κ1) is 15.1. The third-order valence-electron chi connectivity index (χ3n) is 2.62. The molecule has 0 aliphatic rings. The van der Waals surface area contributed by atoms with E-state index in [0.29, 0.717) is 5.56 Å². The first-order valence-electron chi connectivity index (χ1n) is 5.55. The predicted octanol–water partition coefficient (Wildman–Crippen LogP) is 1.29. The fourth-order valence-corrected chi connectivity index (χ4v) is 1.50. The highest BCUT2D eigenvalue weighted by Crippen LogP contribution is 2.13. The van der Waals surface area contributed by atoms with Crippen molar-refractivity contribution in [2.45, 2.75) is 6.29 Å². The Morgan fingerprint density at radius 2 is 1.84 bits per heavy atom. The van der Waals surface area contributed by atoms with Gasteiger partial charge in [0.15, 0.2) is 6.29 Å². The average molecular weight is 268 g/mol. The van der Waals surface area contributed by atoms with E-state index in [1.54, 1.807) is 7.05 Å². The predicted molar refractivity (Wildman–Crippen MR) is 67.9 cm³/mol. The molecule has 7 nitrogen and oxygen atoms in total. The molecule has 19 heavy (non-hydrogen) atoms. The zero-order valence-electron chi connectivity index (χ0n) is 11.0. The highest BCUT2D eigenvalue weighted by atomic mass is 16.7. The molecule has 0 saturated heterocycles. The van der Waals surface area contributed by atoms with Gasteiger partial charge in [0.05, 0.1) is 11.5 Å². The van der Waals surface area contributed by atoms with Crippen molar-refractivity contribution in [3.63, 3.8) is 0 Å². The summed E-state index contributed by atoms with van der Waals surface area (Å²) in [5.74, 6) is -0.256. The SMILES string of the molecule is COC(CN(C)C(=O)c1ccc([N+](=O)[O-])cc1)OC. The van der Waals surface area contributed by atoms with E-state index < -0.39 is 11.2 Å². The lowest BCUT2D eigenvalue weighted by atomic mass is 10.2. The summed E-state index contributed by atoms with van der Waals surface area (Å²) in [6.07, 6.45) is -0.507. The standard InChI is InChI=1S/C12H16N2O5/c1-13(8-11(18-2)19-3)12(15)9-4-6-10(7-5-9)14(16)17/h4-7,11H,8H2,1-3H3. The average Bonchev–Trinajstić information content (AvgIpc) is 2.43. The Balaban J connectivity index is 2.73. The maximum Gasteiger partial charge on any atom is 0.269 e. The number of amides is 1. The van der Waals surface area contributed by atoms with Gasteiger partial charge in [-0.2, -0.15) is 0 Å². The van der Waals surface area contributed by atoms with Crippen molar-refractivity contribution in [3.8, 4) is 0 Å². The van der Waals surface area contributed by atoms with Gasteiger partial charge in [-0.25, -0.2) is 0 Å². The molecule has 0 unspecified atom stereocenters. The summed E-state index contributed by atoms with van der Waals surface area (Å²) in [5.41, 5.74) is 0.324. The first-order chi connectivity index (χ1) is 8.99. The second-order valence-electron chi connectivity index (χ2n) is 3.89. The number of methoxy groups -OCH3 is 2. The number of non-ortho nitro benzene ring substituents is 1. The van der Waals surface area contributed by atoms with Gasteiger partial charge in [0.25, 0.3) is 11.6 Å². The summed E-state index contributed by atoms with van der Waals surface area (Å²) >= 11 is 0. The number of carbonyl (C=O) groups excluding carboxylic acids is 1. The Kier molecular flexibility index (Phi) is 5.40. The van der Waals surface area contributed by atoms with Gasteiger partial charge in [-0.3, -0.25) is 14.9 Å². The molecule has 0 aliphatic carbocycles. The van der Waals surface area contributed by atoms with Crippen molar-refractivity contribution >= 4 is 11.6 Å². The molecule has 0 radical (unpaired) electrons. The zero-order valence-corrected chi connectivity index (χ0v) is 11.0. The number of likely N-dealkylation sites (N-methyl/N-ethyl adjacent to an activating group) is 1. The van der Waals surface area contributed by atoms with Crippen molar-refractivity contribution in [1.82, 2.24) is 4.90 Å². The number of rotatable bonds is 6. The van der Waals surface area contributed by atoms with Crippen LogP contribution in [0.4, 0.5) is 5.69 Å². The second-order valence-corrected chi connectivity index (χ2v) is 3.89. The van der Waals surface area contributed by atoms with E-state index in [4.69, 9.17) is 9.47 Å². The number of ether oxygens (including phenoxy) is 2. The normalized spacial score (nSPS) is 10.5. The molecule has 1 aromatic rings. The van der Waals surface area contributed by atoms with E-state index in [-0.39, 0.29) is 18.1 Å². The van der Waals surface area contributed by atoms with Crippen LogP contribution >= 0.6 is 0 Å². The molecule has 0 spiro atoms. The van der Waals surface area contributed by atoms with Crippen LogP contribution in [0.2, 0.25) is 0 Å². The van der Waals surface area contributed by atoms with Crippen LogP contribution in [0.25, 0.3) is 0 Å². The number of carbonyl (C=O) groups is 1. The maximum absolute atomic E-state index is 12.0. The van der Waals surface area contributed by atoms with E-state index in [9.17, 15) is 14.9 Å². The molecule has 0 aromatic heterocycles. The van der Waals surface area contributed by atoms with Gasteiger partial charge in [-0.15, -0.1) is 0 Å². The van der Waals surface area contributed by atoms with Gasteiger partial charge >= 0.3 is 0 Å². The number of hydrogen-bond acceptors (Lipinski definition) is 5. The molecular formula is C12H16N2O5. The molecule has 0 saturated carbocycles. The molecular weight excluding hydrogens is 252 g/mol. The zero-order chi connectivity index (χ0) is 14.4. The van der Waals surface area contributed by atoms with Gasteiger partial charge in [-0.05, 0) is 12.1 Å². The van der Waals surface area contributed by atoms with Crippen LogP contribution in [0.1, 0.15) is 10.4 Å². The van der Waals surface area contributed by atoms with E-state index >= 15 is 0 Å². The maximum atomic E-state index is 12.0. The molecule has 0 bridgehead atoms. The van der Waals surface area contributed by atoms with Gasteiger partial charge in [0, 0.05) is 39.0 Å². The van der Waals surface area contributed by atoms with E-state index in [2.05, 4.69) is 0 Å². The van der Waals surface area contributed by atoms with Crippen LogP contribution in [0.5, 0.6) is 0 Å². The molecule has 0 atom stereocenters. The molecule has 0 aliphatic heterocycles. The first-order valence-corrected chi connectivity index (χ1v) is 5.55. The van der Waals surface area contributed by atoms with Crippen LogP contribution in [0.15, 0.2) is 24.3 Å². The summed E-state index contributed by atoms with van der Waals surface area (Å²) in [5, 5.41) is 10.5. The van der Waals surface area contributed by atoms with Crippen LogP contribution < -0.4 is 0 Å². The molecule has 1 amide bonds. The number of nitro groups is 1. The third-order valence-corrected chi connectivity index (χ3v) is 2.62. The minimum Gasteiger partial charge on any atom is -0.354 e. The van der Waals surface area contributed by atoms with Gasteiger partial charge in [0.1, 0.15) is 0 Å². The molecule has 0 heterocycles. The van der Waals surface area contributed by atoms with Crippen LogP contribution in [0.3, 0.4) is 0 Å². The quantitative estimate of drug-likeness (QED) is 0.441. The van der Waals surface area contributed by atoms with Crippen LogP contribution in [-0.4, -0.2) is 49.8 Å². The Morgan fingerprint density at radius 3 is 2.26 bits per heavy atom. The summed E-state index contributed by atoms with van der Waals surface area (Å²) in [6.45, 7) is 0.267. The lowest BCUT2D eigenvalue weighted by Gasteiger charge is -2.22. The molecule has 0 N–H and O–H groups in total. The molecule has 1 rings (SSSR count). The minimum atomic E-state index is -0.510. The Morgan fingerprint density at radius 1 is 1.32 bits per heavy atom. The molecule has 1 aromatic carbocycles. The Hall–Kier alpha value is -1.99. The van der Waals surface area contributed by atoms with Gasteiger partial charge in [0.2, 0.25) is 0 Å². The molecule has 104 valence electrons. The Labute approximate surface area is 110 Å². The second kappa shape index (κ2) is 6.81. The van der Waals surface area contributed by atoms with Gasteiger partial charge in [-0.1, -0.05) is 0 Å².